The van der Waals surface area contributed by atoms with E-state index < -0.39 is 0 Å². The molecule has 0 spiro atoms. The summed E-state index contributed by atoms with van der Waals surface area (Å²) in [5.41, 5.74) is 0. The molecule has 1 heterocycles. The summed E-state index contributed by atoms with van der Waals surface area (Å²) in [7, 11) is 1.42. The number of allylic oxidation sites excluding steroid dienone is 1. The molecule has 0 radical (unpaired) electrons. The SMILES string of the molecule is CC1BCC(C)N(C2C=CCCC2)C1. The molecule has 1 nitrogen and oxygen atoms in total. The van der Waals surface area contributed by atoms with Crippen LogP contribution in [0.2, 0.25) is 12.1 Å². The van der Waals surface area contributed by atoms with Gasteiger partial charge in [0.2, 0.25) is 0 Å². The maximum absolute atomic E-state index is 2.73. The third kappa shape index (κ3) is 2.22. The van der Waals surface area contributed by atoms with Gasteiger partial charge in [0.25, 0.3) is 0 Å². The molecule has 2 rings (SSSR count). The summed E-state index contributed by atoms with van der Waals surface area (Å²) >= 11 is 0. The maximum Gasteiger partial charge on any atom is 0.127 e. The first-order valence-electron chi connectivity index (χ1n) is 6.20. The van der Waals surface area contributed by atoms with Crippen LogP contribution in [0.1, 0.15) is 33.1 Å². The molecule has 0 amide bonds. The van der Waals surface area contributed by atoms with E-state index in [1.54, 1.807) is 0 Å². The Balaban J connectivity index is 1.99. The van der Waals surface area contributed by atoms with Crippen LogP contribution in [0.25, 0.3) is 0 Å². The van der Waals surface area contributed by atoms with Crippen molar-refractivity contribution in [3.05, 3.63) is 12.2 Å². The van der Waals surface area contributed by atoms with Crippen LogP contribution in [0.15, 0.2) is 12.2 Å². The van der Waals surface area contributed by atoms with E-state index in [-0.39, 0.29) is 0 Å². The summed E-state index contributed by atoms with van der Waals surface area (Å²) in [6.45, 7) is 6.11. The van der Waals surface area contributed by atoms with Crippen molar-refractivity contribution in [3.63, 3.8) is 0 Å². The molecule has 0 aromatic rings. The highest BCUT2D eigenvalue weighted by atomic mass is 15.2. The fourth-order valence-corrected chi connectivity index (χ4v) is 2.86. The lowest BCUT2D eigenvalue weighted by Gasteiger charge is -2.41. The molecule has 3 atom stereocenters. The van der Waals surface area contributed by atoms with Gasteiger partial charge in [-0.2, -0.15) is 0 Å². The second-order valence-corrected chi connectivity index (χ2v) is 5.15. The van der Waals surface area contributed by atoms with Gasteiger partial charge in [-0.3, -0.25) is 4.90 Å². The normalized spacial score (nSPS) is 39.4. The first-order valence-corrected chi connectivity index (χ1v) is 6.20. The molecule has 1 saturated heterocycles. The molecule has 1 aliphatic carbocycles. The molecule has 2 heteroatoms. The van der Waals surface area contributed by atoms with Gasteiger partial charge in [0.1, 0.15) is 7.28 Å². The van der Waals surface area contributed by atoms with Crippen LogP contribution in [0.4, 0.5) is 0 Å². The Morgan fingerprint density at radius 3 is 2.93 bits per heavy atom. The minimum Gasteiger partial charge on any atom is -0.295 e. The van der Waals surface area contributed by atoms with Crippen molar-refractivity contribution in [3.8, 4) is 0 Å². The number of hydrogen-bond donors (Lipinski definition) is 0. The van der Waals surface area contributed by atoms with Crippen molar-refractivity contribution in [2.24, 2.45) is 0 Å². The van der Waals surface area contributed by atoms with E-state index in [1.165, 1.54) is 39.4 Å². The minimum atomic E-state index is 0.751. The van der Waals surface area contributed by atoms with Crippen LogP contribution in [0, 0.1) is 0 Å². The van der Waals surface area contributed by atoms with Crippen molar-refractivity contribution in [2.45, 2.75) is 57.3 Å². The molecule has 0 bridgehead atoms. The Kier molecular flexibility index (Phi) is 3.32. The fourth-order valence-electron chi connectivity index (χ4n) is 2.86. The lowest BCUT2D eigenvalue weighted by molar-refractivity contribution is 0.160. The third-order valence-corrected chi connectivity index (χ3v) is 3.82. The smallest absolute Gasteiger partial charge is 0.127 e. The van der Waals surface area contributed by atoms with Crippen LogP contribution < -0.4 is 0 Å². The molecule has 1 aliphatic heterocycles. The van der Waals surface area contributed by atoms with Crippen LogP contribution >= 0.6 is 0 Å². The van der Waals surface area contributed by atoms with Gasteiger partial charge in [0, 0.05) is 12.1 Å². The third-order valence-electron chi connectivity index (χ3n) is 3.82. The predicted molar refractivity (Wildman–Crippen MR) is 64.3 cm³/mol. The van der Waals surface area contributed by atoms with Crippen molar-refractivity contribution >= 4 is 7.28 Å². The van der Waals surface area contributed by atoms with E-state index in [2.05, 4.69) is 30.9 Å². The van der Waals surface area contributed by atoms with Gasteiger partial charge in [-0.15, -0.1) is 0 Å². The molecule has 0 aromatic carbocycles. The standard InChI is InChI=1S/C12H22BN/c1-10-9-14(11(2)8-13-10)12-6-4-3-5-7-12/h4,6,10-13H,3,5,7-9H2,1-2H3. The van der Waals surface area contributed by atoms with Crippen LogP contribution in [-0.4, -0.2) is 30.8 Å². The maximum atomic E-state index is 2.73. The largest absolute Gasteiger partial charge is 0.295 e. The molecule has 78 valence electrons. The Morgan fingerprint density at radius 2 is 2.21 bits per heavy atom. The average Bonchev–Trinajstić information content (AvgIpc) is 2.23. The Morgan fingerprint density at radius 1 is 1.36 bits per heavy atom. The summed E-state index contributed by atoms with van der Waals surface area (Å²) in [4.78, 5) is 2.73. The zero-order valence-corrected chi connectivity index (χ0v) is 9.58. The van der Waals surface area contributed by atoms with Crippen molar-refractivity contribution < 1.29 is 0 Å². The number of nitrogens with zero attached hydrogens (tertiary/aromatic N) is 1. The monoisotopic (exact) mass is 191 g/mol. The van der Waals surface area contributed by atoms with Crippen LogP contribution in [-0.2, 0) is 0 Å². The minimum absolute atomic E-state index is 0.751. The van der Waals surface area contributed by atoms with E-state index in [0.717, 1.165) is 17.9 Å². The van der Waals surface area contributed by atoms with E-state index in [9.17, 15) is 0 Å². The molecule has 0 N–H and O–H groups in total. The van der Waals surface area contributed by atoms with Crippen LogP contribution in [0.5, 0.6) is 0 Å². The summed E-state index contributed by atoms with van der Waals surface area (Å²) in [6.07, 6.45) is 10.3. The molecule has 0 saturated carbocycles. The van der Waals surface area contributed by atoms with Gasteiger partial charge < -0.3 is 0 Å². The van der Waals surface area contributed by atoms with Crippen molar-refractivity contribution in [2.75, 3.05) is 6.54 Å². The van der Waals surface area contributed by atoms with Gasteiger partial charge in [0.15, 0.2) is 0 Å². The summed E-state index contributed by atoms with van der Waals surface area (Å²) in [5.74, 6) is 0.904. The quantitative estimate of drug-likeness (QED) is 0.454. The first kappa shape index (κ1) is 10.3. The Hall–Kier alpha value is -0.235. The van der Waals surface area contributed by atoms with E-state index >= 15 is 0 Å². The zero-order chi connectivity index (χ0) is 9.97. The number of hydrogen-bond acceptors (Lipinski definition) is 1. The molecule has 2 aliphatic rings. The first-order chi connectivity index (χ1) is 6.77. The zero-order valence-electron chi connectivity index (χ0n) is 9.58. The lowest BCUT2D eigenvalue weighted by Crippen LogP contribution is -2.47. The molecule has 1 fully saturated rings. The van der Waals surface area contributed by atoms with Crippen molar-refractivity contribution in [1.82, 2.24) is 4.90 Å². The highest BCUT2D eigenvalue weighted by Crippen LogP contribution is 2.26. The Labute approximate surface area is 88.8 Å². The molecular weight excluding hydrogens is 169 g/mol. The van der Waals surface area contributed by atoms with Gasteiger partial charge in [-0.1, -0.05) is 38.1 Å². The highest BCUT2D eigenvalue weighted by Gasteiger charge is 2.28. The van der Waals surface area contributed by atoms with Gasteiger partial charge >= 0.3 is 0 Å². The predicted octanol–water partition coefficient (Wildman–Crippen LogP) is 2.46. The summed E-state index contributed by atoms with van der Waals surface area (Å²) < 4.78 is 0. The summed E-state index contributed by atoms with van der Waals surface area (Å²) in [6, 6.07) is 1.56. The fraction of sp³-hybridized carbons (Fsp3) is 0.833. The Bertz CT molecular complexity index is 214. The van der Waals surface area contributed by atoms with Crippen molar-refractivity contribution in [1.29, 1.82) is 0 Å². The lowest BCUT2D eigenvalue weighted by atomic mass is 9.58. The van der Waals surface area contributed by atoms with Crippen LogP contribution in [0.3, 0.4) is 0 Å². The molecule has 0 aromatic heterocycles. The number of rotatable bonds is 1. The molecule has 14 heavy (non-hydrogen) atoms. The summed E-state index contributed by atoms with van der Waals surface area (Å²) in [5, 5.41) is 0. The highest BCUT2D eigenvalue weighted by molar-refractivity contribution is 6.38. The van der Waals surface area contributed by atoms with Gasteiger partial charge in [-0.25, -0.2) is 0 Å². The molecule has 3 unspecified atom stereocenters. The second kappa shape index (κ2) is 4.52. The van der Waals surface area contributed by atoms with Gasteiger partial charge in [-0.05, 0) is 25.8 Å². The van der Waals surface area contributed by atoms with E-state index in [4.69, 9.17) is 0 Å². The molecular formula is C12H22BN. The second-order valence-electron chi connectivity index (χ2n) is 5.15. The van der Waals surface area contributed by atoms with Gasteiger partial charge in [0.05, 0.1) is 0 Å². The topological polar surface area (TPSA) is 3.24 Å². The van der Waals surface area contributed by atoms with E-state index in [0.29, 0.717) is 0 Å². The van der Waals surface area contributed by atoms with E-state index in [1.807, 2.05) is 0 Å². The average molecular weight is 191 g/mol.